The molecule has 0 saturated carbocycles. The molecule has 3 nitrogen and oxygen atoms in total. The van der Waals surface area contributed by atoms with Crippen LogP contribution in [-0.4, -0.2) is 37.0 Å². The van der Waals surface area contributed by atoms with Crippen LogP contribution >= 0.6 is 0 Å². The fourth-order valence-electron chi connectivity index (χ4n) is 3.75. The van der Waals surface area contributed by atoms with Gasteiger partial charge < -0.3 is 10.2 Å². The predicted molar refractivity (Wildman–Crippen MR) is 81.0 cm³/mol. The molecule has 20 heavy (non-hydrogen) atoms. The van der Waals surface area contributed by atoms with E-state index in [1.165, 1.54) is 30.4 Å². The highest BCUT2D eigenvalue weighted by atomic mass is 16.2. The van der Waals surface area contributed by atoms with Gasteiger partial charge in [0.2, 0.25) is 0 Å². The Hall–Kier alpha value is -1.35. The molecule has 108 valence electrons. The van der Waals surface area contributed by atoms with Crippen LogP contribution < -0.4 is 5.32 Å². The highest BCUT2D eigenvalue weighted by Gasteiger charge is 2.40. The van der Waals surface area contributed by atoms with Crippen molar-refractivity contribution in [1.29, 1.82) is 0 Å². The van der Waals surface area contributed by atoms with E-state index in [9.17, 15) is 4.79 Å². The summed E-state index contributed by atoms with van der Waals surface area (Å²) in [4.78, 5) is 14.8. The van der Waals surface area contributed by atoms with E-state index in [0.717, 1.165) is 31.7 Å². The molecule has 1 aromatic rings. The third-order valence-electron chi connectivity index (χ3n) is 4.86. The maximum atomic E-state index is 12.7. The van der Waals surface area contributed by atoms with E-state index in [0.29, 0.717) is 5.41 Å². The summed E-state index contributed by atoms with van der Waals surface area (Å²) in [5.74, 6) is 0.215. The van der Waals surface area contributed by atoms with Crippen LogP contribution in [0.3, 0.4) is 0 Å². The predicted octanol–water partition coefficient (Wildman–Crippen LogP) is 2.52. The molecule has 0 aliphatic carbocycles. The molecule has 2 heterocycles. The van der Waals surface area contributed by atoms with Crippen LogP contribution in [0, 0.1) is 19.3 Å². The topological polar surface area (TPSA) is 32.3 Å². The van der Waals surface area contributed by atoms with Gasteiger partial charge in [0.05, 0.1) is 0 Å². The summed E-state index contributed by atoms with van der Waals surface area (Å²) in [6.45, 7) is 8.19. The van der Waals surface area contributed by atoms with Gasteiger partial charge in [0, 0.05) is 18.7 Å². The lowest BCUT2D eigenvalue weighted by Gasteiger charge is -2.33. The Balaban J connectivity index is 1.75. The summed E-state index contributed by atoms with van der Waals surface area (Å²) < 4.78 is 0. The van der Waals surface area contributed by atoms with Gasteiger partial charge in [-0.25, -0.2) is 0 Å². The van der Waals surface area contributed by atoms with Crippen LogP contribution in [-0.2, 0) is 0 Å². The van der Waals surface area contributed by atoms with Crippen molar-refractivity contribution in [1.82, 2.24) is 10.2 Å². The zero-order chi connectivity index (χ0) is 14.2. The van der Waals surface area contributed by atoms with Gasteiger partial charge in [-0.1, -0.05) is 17.2 Å². The van der Waals surface area contributed by atoms with Crippen molar-refractivity contribution in [2.45, 2.75) is 33.1 Å². The quantitative estimate of drug-likeness (QED) is 0.852. The molecule has 1 amide bonds. The number of nitrogens with one attached hydrogen (secondary N) is 1. The van der Waals surface area contributed by atoms with Crippen LogP contribution in [0.15, 0.2) is 18.2 Å². The van der Waals surface area contributed by atoms with Crippen LogP contribution in [0.5, 0.6) is 0 Å². The molecule has 2 fully saturated rings. The first-order chi connectivity index (χ1) is 9.58. The number of aryl methyl sites for hydroxylation is 2. The average Bonchev–Trinajstić information content (AvgIpc) is 2.81. The van der Waals surface area contributed by atoms with Gasteiger partial charge in [0.25, 0.3) is 5.91 Å². The fourth-order valence-corrected chi connectivity index (χ4v) is 3.75. The zero-order valence-corrected chi connectivity index (χ0v) is 12.5. The Morgan fingerprint density at radius 3 is 2.40 bits per heavy atom. The Labute approximate surface area is 121 Å². The normalized spacial score (nSPS) is 21.4. The summed E-state index contributed by atoms with van der Waals surface area (Å²) in [7, 11) is 0. The minimum atomic E-state index is 0.215. The van der Waals surface area contributed by atoms with Gasteiger partial charge in [0.15, 0.2) is 0 Å². The second-order valence-corrected chi connectivity index (χ2v) is 6.60. The van der Waals surface area contributed by atoms with E-state index in [4.69, 9.17) is 0 Å². The van der Waals surface area contributed by atoms with E-state index in [1.54, 1.807) is 0 Å². The Morgan fingerprint density at radius 1 is 1.10 bits per heavy atom. The average molecular weight is 272 g/mol. The first kappa shape index (κ1) is 13.6. The Bertz CT molecular complexity index is 497. The molecule has 3 heteroatoms. The van der Waals surface area contributed by atoms with Crippen molar-refractivity contribution in [2.75, 3.05) is 26.2 Å². The van der Waals surface area contributed by atoms with Gasteiger partial charge >= 0.3 is 0 Å². The lowest BCUT2D eigenvalue weighted by atomic mass is 9.78. The maximum Gasteiger partial charge on any atom is 0.253 e. The number of nitrogens with zero attached hydrogens (tertiary/aromatic N) is 1. The summed E-state index contributed by atoms with van der Waals surface area (Å²) in [5, 5.41) is 3.42. The summed E-state index contributed by atoms with van der Waals surface area (Å²) in [6.07, 6.45) is 3.60. The molecular formula is C17H24N2O. The second kappa shape index (κ2) is 5.21. The number of carbonyl (C=O) groups excluding carboxylic acids is 1. The number of likely N-dealkylation sites (tertiary alicyclic amines) is 1. The number of amides is 1. The molecule has 3 rings (SSSR count). The van der Waals surface area contributed by atoms with Crippen LogP contribution in [0.1, 0.15) is 40.7 Å². The van der Waals surface area contributed by atoms with Crippen molar-refractivity contribution < 1.29 is 4.79 Å². The first-order valence-corrected chi connectivity index (χ1v) is 7.66. The molecule has 2 saturated heterocycles. The van der Waals surface area contributed by atoms with Gasteiger partial charge in [-0.2, -0.15) is 0 Å². The fraction of sp³-hybridized carbons (Fsp3) is 0.588. The lowest BCUT2D eigenvalue weighted by molar-refractivity contribution is 0.0761. The Morgan fingerprint density at radius 2 is 1.75 bits per heavy atom. The SMILES string of the molecule is Cc1cc(C)cc(C(=O)N2CCC3(CCNCC3)C2)c1. The molecule has 2 aliphatic rings. The molecule has 1 aromatic carbocycles. The molecule has 2 aliphatic heterocycles. The third kappa shape index (κ3) is 2.59. The van der Waals surface area contributed by atoms with E-state index in [2.05, 4.69) is 30.1 Å². The van der Waals surface area contributed by atoms with Gasteiger partial charge in [0.1, 0.15) is 0 Å². The number of hydrogen-bond donors (Lipinski definition) is 1. The maximum absolute atomic E-state index is 12.7. The minimum Gasteiger partial charge on any atom is -0.338 e. The first-order valence-electron chi connectivity index (χ1n) is 7.66. The van der Waals surface area contributed by atoms with Crippen molar-refractivity contribution in [3.63, 3.8) is 0 Å². The molecule has 0 radical (unpaired) electrons. The monoisotopic (exact) mass is 272 g/mol. The zero-order valence-electron chi connectivity index (χ0n) is 12.5. The number of carbonyl (C=O) groups is 1. The van der Waals surface area contributed by atoms with Crippen molar-refractivity contribution in [3.8, 4) is 0 Å². The molecule has 1 N–H and O–H groups in total. The number of piperidine rings is 1. The third-order valence-corrected chi connectivity index (χ3v) is 4.86. The lowest BCUT2D eigenvalue weighted by Crippen LogP contribution is -2.39. The summed E-state index contributed by atoms with van der Waals surface area (Å²) in [5.41, 5.74) is 3.58. The molecular weight excluding hydrogens is 248 g/mol. The largest absolute Gasteiger partial charge is 0.338 e. The summed E-state index contributed by atoms with van der Waals surface area (Å²) >= 11 is 0. The van der Waals surface area contributed by atoms with E-state index in [-0.39, 0.29) is 5.91 Å². The minimum absolute atomic E-state index is 0.215. The number of hydrogen-bond acceptors (Lipinski definition) is 2. The standard InChI is InChI=1S/C17H24N2O/c1-13-9-14(2)11-15(10-13)16(20)19-8-5-17(12-19)3-6-18-7-4-17/h9-11,18H,3-8,12H2,1-2H3. The smallest absolute Gasteiger partial charge is 0.253 e. The van der Waals surface area contributed by atoms with E-state index >= 15 is 0 Å². The van der Waals surface area contributed by atoms with Crippen LogP contribution in [0.4, 0.5) is 0 Å². The number of benzene rings is 1. The van der Waals surface area contributed by atoms with Crippen LogP contribution in [0.2, 0.25) is 0 Å². The second-order valence-electron chi connectivity index (χ2n) is 6.60. The Kier molecular flexibility index (Phi) is 3.55. The molecule has 1 spiro atoms. The van der Waals surface area contributed by atoms with E-state index < -0.39 is 0 Å². The summed E-state index contributed by atoms with van der Waals surface area (Å²) in [6, 6.07) is 6.15. The molecule has 0 unspecified atom stereocenters. The van der Waals surface area contributed by atoms with E-state index in [1.807, 2.05) is 12.1 Å². The van der Waals surface area contributed by atoms with Crippen molar-refractivity contribution in [2.24, 2.45) is 5.41 Å². The van der Waals surface area contributed by atoms with Crippen molar-refractivity contribution >= 4 is 5.91 Å². The number of rotatable bonds is 1. The van der Waals surface area contributed by atoms with Gasteiger partial charge in [-0.05, 0) is 63.7 Å². The van der Waals surface area contributed by atoms with Crippen molar-refractivity contribution in [3.05, 3.63) is 34.9 Å². The van der Waals surface area contributed by atoms with Crippen LogP contribution in [0.25, 0.3) is 0 Å². The van der Waals surface area contributed by atoms with Gasteiger partial charge in [-0.15, -0.1) is 0 Å². The molecule has 0 aromatic heterocycles. The van der Waals surface area contributed by atoms with Gasteiger partial charge in [-0.3, -0.25) is 4.79 Å². The highest BCUT2D eigenvalue weighted by molar-refractivity contribution is 5.94. The molecule has 0 bridgehead atoms. The molecule has 0 atom stereocenters. The highest BCUT2D eigenvalue weighted by Crippen LogP contribution is 2.39.